The molecule has 1 aromatic rings. The fourth-order valence-corrected chi connectivity index (χ4v) is 1.28. The SMILES string of the molecule is COCCC(C)Nc1ccc(N)cc1F. The van der Waals surface area contributed by atoms with Crippen LogP contribution in [0.25, 0.3) is 0 Å². The molecule has 1 aromatic carbocycles. The number of benzene rings is 1. The zero-order chi connectivity index (χ0) is 11.3. The fraction of sp³-hybridized carbons (Fsp3) is 0.455. The Labute approximate surface area is 89.4 Å². The van der Waals surface area contributed by atoms with Crippen LogP contribution in [-0.4, -0.2) is 19.8 Å². The van der Waals surface area contributed by atoms with Gasteiger partial charge in [-0.25, -0.2) is 4.39 Å². The van der Waals surface area contributed by atoms with Gasteiger partial charge in [-0.2, -0.15) is 0 Å². The molecule has 0 aliphatic rings. The Hall–Kier alpha value is -1.29. The molecule has 0 aliphatic carbocycles. The average Bonchev–Trinajstić information content (AvgIpc) is 2.19. The highest BCUT2D eigenvalue weighted by Gasteiger charge is 2.06. The van der Waals surface area contributed by atoms with Crippen LogP contribution in [0.15, 0.2) is 18.2 Å². The largest absolute Gasteiger partial charge is 0.399 e. The van der Waals surface area contributed by atoms with Crippen LogP contribution in [0.5, 0.6) is 0 Å². The molecule has 1 unspecified atom stereocenters. The topological polar surface area (TPSA) is 47.3 Å². The maximum Gasteiger partial charge on any atom is 0.148 e. The summed E-state index contributed by atoms with van der Waals surface area (Å²) in [5.74, 6) is -0.320. The number of nitrogen functional groups attached to an aromatic ring is 1. The van der Waals surface area contributed by atoms with Crippen molar-refractivity contribution in [2.45, 2.75) is 19.4 Å². The van der Waals surface area contributed by atoms with Crippen LogP contribution in [0.4, 0.5) is 15.8 Å². The molecule has 1 atom stereocenters. The lowest BCUT2D eigenvalue weighted by Crippen LogP contribution is -2.18. The van der Waals surface area contributed by atoms with Crippen LogP contribution < -0.4 is 11.1 Å². The van der Waals surface area contributed by atoms with Crippen molar-refractivity contribution in [1.82, 2.24) is 0 Å². The number of rotatable bonds is 5. The van der Waals surface area contributed by atoms with Gasteiger partial charge in [0, 0.05) is 25.4 Å². The molecule has 0 aliphatic heterocycles. The fourth-order valence-electron chi connectivity index (χ4n) is 1.28. The van der Waals surface area contributed by atoms with E-state index >= 15 is 0 Å². The van der Waals surface area contributed by atoms with Crippen LogP contribution in [0.1, 0.15) is 13.3 Å². The number of anilines is 2. The summed E-state index contributed by atoms with van der Waals surface area (Å²) in [4.78, 5) is 0. The van der Waals surface area contributed by atoms with Crippen molar-refractivity contribution in [3.05, 3.63) is 24.0 Å². The Morgan fingerprint density at radius 1 is 1.53 bits per heavy atom. The predicted octanol–water partition coefficient (Wildman–Crippen LogP) is 2.24. The van der Waals surface area contributed by atoms with Gasteiger partial charge in [-0.05, 0) is 31.5 Å². The Balaban J connectivity index is 2.56. The summed E-state index contributed by atoms with van der Waals surface area (Å²) in [5, 5.41) is 3.06. The molecule has 3 nitrogen and oxygen atoms in total. The molecule has 1 rings (SSSR count). The first-order valence-electron chi connectivity index (χ1n) is 4.94. The molecule has 0 amide bonds. The van der Waals surface area contributed by atoms with E-state index in [1.54, 1.807) is 19.2 Å². The first-order chi connectivity index (χ1) is 7.13. The number of hydrogen-bond donors (Lipinski definition) is 2. The highest BCUT2D eigenvalue weighted by atomic mass is 19.1. The Morgan fingerprint density at radius 3 is 2.87 bits per heavy atom. The lowest BCUT2D eigenvalue weighted by Gasteiger charge is -2.15. The minimum atomic E-state index is -0.320. The second kappa shape index (κ2) is 5.56. The van der Waals surface area contributed by atoms with Crippen molar-refractivity contribution in [2.75, 3.05) is 24.8 Å². The number of hydrogen-bond acceptors (Lipinski definition) is 3. The molecule has 0 fully saturated rings. The highest BCUT2D eigenvalue weighted by Crippen LogP contribution is 2.18. The summed E-state index contributed by atoms with van der Waals surface area (Å²) in [6, 6.07) is 4.80. The molecule has 0 saturated carbocycles. The average molecular weight is 212 g/mol. The molecular weight excluding hydrogens is 195 g/mol. The summed E-state index contributed by atoms with van der Waals surface area (Å²) in [7, 11) is 1.65. The van der Waals surface area contributed by atoms with Crippen LogP contribution in [0.3, 0.4) is 0 Å². The van der Waals surface area contributed by atoms with Crippen LogP contribution in [0.2, 0.25) is 0 Å². The molecule has 0 aromatic heterocycles. The molecule has 84 valence electrons. The van der Waals surface area contributed by atoms with Gasteiger partial charge in [0.1, 0.15) is 5.82 Å². The summed E-state index contributed by atoms with van der Waals surface area (Å²) < 4.78 is 18.3. The van der Waals surface area contributed by atoms with E-state index in [4.69, 9.17) is 10.5 Å². The third kappa shape index (κ3) is 3.75. The van der Waals surface area contributed by atoms with Crippen molar-refractivity contribution >= 4 is 11.4 Å². The molecule has 0 bridgehead atoms. The zero-order valence-electron chi connectivity index (χ0n) is 9.09. The minimum Gasteiger partial charge on any atom is -0.399 e. The molecule has 3 N–H and O–H groups in total. The molecule has 15 heavy (non-hydrogen) atoms. The van der Waals surface area contributed by atoms with Gasteiger partial charge in [0.05, 0.1) is 5.69 Å². The van der Waals surface area contributed by atoms with E-state index in [2.05, 4.69) is 5.32 Å². The zero-order valence-corrected chi connectivity index (χ0v) is 9.09. The van der Waals surface area contributed by atoms with Crippen molar-refractivity contribution < 1.29 is 9.13 Å². The third-order valence-corrected chi connectivity index (χ3v) is 2.15. The van der Waals surface area contributed by atoms with E-state index in [1.807, 2.05) is 6.92 Å². The van der Waals surface area contributed by atoms with Gasteiger partial charge in [0.25, 0.3) is 0 Å². The van der Waals surface area contributed by atoms with Crippen molar-refractivity contribution in [3.8, 4) is 0 Å². The maximum atomic E-state index is 13.4. The monoisotopic (exact) mass is 212 g/mol. The second-order valence-corrected chi connectivity index (χ2v) is 3.57. The normalized spacial score (nSPS) is 12.5. The predicted molar refractivity (Wildman–Crippen MR) is 60.4 cm³/mol. The van der Waals surface area contributed by atoms with E-state index in [9.17, 15) is 4.39 Å². The molecule has 0 radical (unpaired) electrons. The van der Waals surface area contributed by atoms with Gasteiger partial charge in [0.2, 0.25) is 0 Å². The molecule has 0 spiro atoms. The Morgan fingerprint density at radius 2 is 2.27 bits per heavy atom. The van der Waals surface area contributed by atoms with Gasteiger partial charge in [0.15, 0.2) is 0 Å². The Kier molecular flexibility index (Phi) is 4.37. The smallest absolute Gasteiger partial charge is 0.148 e. The van der Waals surface area contributed by atoms with E-state index < -0.39 is 0 Å². The first-order valence-corrected chi connectivity index (χ1v) is 4.94. The quantitative estimate of drug-likeness (QED) is 0.736. The van der Waals surface area contributed by atoms with Crippen molar-refractivity contribution in [2.24, 2.45) is 0 Å². The van der Waals surface area contributed by atoms with E-state index in [1.165, 1.54) is 6.07 Å². The number of methoxy groups -OCH3 is 1. The van der Waals surface area contributed by atoms with E-state index in [0.29, 0.717) is 18.0 Å². The van der Waals surface area contributed by atoms with E-state index in [-0.39, 0.29) is 11.9 Å². The summed E-state index contributed by atoms with van der Waals surface area (Å²) in [5.41, 5.74) is 6.36. The summed E-state index contributed by atoms with van der Waals surface area (Å²) in [6.07, 6.45) is 0.834. The lowest BCUT2D eigenvalue weighted by atomic mass is 10.2. The lowest BCUT2D eigenvalue weighted by molar-refractivity contribution is 0.191. The van der Waals surface area contributed by atoms with Gasteiger partial charge in [-0.3, -0.25) is 0 Å². The molecule has 0 heterocycles. The van der Waals surface area contributed by atoms with Crippen molar-refractivity contribution in [3.63, 3.8) is 0 Å². The van der Waals surface area contributed by atoms with E-state index in [0.717, 1.165) is 6.42 Å². The number of halogens is 1. The molecular formula is C11H17FN2O. The summed E-state index contributed by atoms with van der Waals surface area (Å²) >= 11 is 0. The third-order valence-electron chi connectivity index (χ3n) is 2.15. The van der Waals surface area contributed by atoms with Crippen LogP contribution >= 0.6 is 0 Å². The van der Waals surface area contributed by atoms with Crippen LogP contribution in [-0.2, 0) is 4.74 Å². The summed E-state index contributed by atoms with van der Waals surface area (Å²) in [6.45, 7) is 2.64. The van der Waals surface area contributed by atoms with Gasteiger partial charge < -0.3 is 15.8 Å². The van der Waals surface area contributed by atoms with Gasteiger partial charge in [-0.1, -0.05) is 0 Å². The number of nitrogens with two attached hydrogens (primary N) is 1. The maximum absolute atomic E-state index is 13.4. The first kappa shape index (κ1) is 11.8. The van der Waals surface area contributed by atoms with Crippen molar-refractivity contribution in [1.29, 1.82) is 0 Å². The Bertz CT molecular complexity index is 317. The highest BCUT2D eigenvalue weighted by molar-refractivity contribution is 5.52. The van der Waals surface area contributed by atoms with Gasteiger partial charge in [-0.15, -0.1) is 0 Å². The molecule has 0 saturated heterocycles. The molecule has 4 heteroatoms. The standard InChI is InChI=1S/C11H17FN2O/c1-8(5-6-15-2)14-11-4-3-9(13)7-10(11)12/h3-4,7-8,14H,5-6,13H2,1-2H3. The van der Waals surface area contributed by atoms with Crippen LogP contribution in [0, 0.1) is 5.82 Å². The van der Waals surface area contributed by atoms with Gasteiger partial charge >= 0.3 is 0 Å². The second-order valence-electron chi connectivity index (χ2n) is 3.57. The number of nitrogens with one attached hydrogen (secondary N) is 1. The minimum absolute atomic E-state index is 0.170. The number of ether oxygens (including phenoxy) is 1.